The van der Waals surface area contributed by atoms with E-state index in [1.54, 1.807) is 24.4 Å². The number of nitrogens with zero attached hydrogens (tertiary/aromatic N) is 1. The van der Waals surface area contributed by atoms with Crippen molar-refractivity contribution in [3.63, 3.8) is 0 Å². The molecule has 8 heteroatoms. The molecule has 0 aliphatic heterocycles. The molecule has 0 saturated carbocycles. The second kappa shape index (κ2) is 7.21. The van der Waals surface area contributed by atoms with Gasteiger partial charge in [-0.05, 0) is 43.3 Å². The lowest BCUT2D eigenvalue weighted by atomic mass is 10.2. The zero-order valence-corrected chi connectivity index (χ0v) is 13.6. The van der Waals surface area contributed by atoms with E-state index in [1.165, 1.54) is 19.2 Å². The molecule has 7 nitrogen and oxygen atoms in total. The highest BCUT2D eigenvalue weighted by Crippen LogP contribution is 2.11. The molecule has 0 fully saturated rings. The van der Waals surface area contributed by atoms with Crippen LogP contribution in [0.15, 0.2) is 47.5 Å². The van der Waals surface area contributed by atoms with Gasteiger partial charge >= 0.3 is 6.03 Å². The first-order chi connectivity index (χ1) is 10.9. The zero-order valence-electron chi connectivity index (χ0n) is 12.8. The fourth-order valence-electron chi connectivity index (χ4n) is 1.85. The minimum absolute atomic E-state index is 0.178. The van der Waals surface area contributed by atoms with Gasteiger partial charge in [-0.1, -0.05) is 18.2 Å². The maximum atomic E-state index is 11.8. The molecule has 0 spiro atoms. The van der Waals surface area contributed by atoms with E-state index in [9.17, 15) is 13.2 Å². The number of urea groups is 1. The largest absolute Gasteiger partial charge is 0.334 e. The highest BCUT2D eigenvalue weighted by Gasteiger charge is 2.10. The van der Waals surface area contributed by atoms with Crippen LogP contribution in [0.25, 0.3) is 0 Å². The van der Waals surface area contributed by atoms with Gasteiger partial charge in [0, 0.05) is 12.7 Å². The summed E-state index contributed by atoms with van der Waals surface area (Å²) in [5.74, 6) is 0.500. The third kappa shape index (κ3) is 4.51. The van der Waals surface area contributed by atoms with Crippen LogP contribution in [0.5, 0.6) is 0 Å². The maximum absolute atomic E-state index is 11.8. The van der Waals surface area contributed by atoms with Crippen LogP contribution in [-0.2, 0) is 16.6 Å². The fourth-order valence-corrected chi connectivity index (χ4v) is 2.59. The minimum atomic E-state index is -3.45. The summed E-state index contributed by atoms with van der Waals surface area (Å²) in [4.78, 5) is 16.1. The SMILES string of the molecule is CNS(=O)(=O)c1ccc(CNC(=O)Nc2ncccc2C)cc1. The first kappa shape index (κ1) is 16.9. The summed E-state index contributed by atoms with van der Waals surface area (Å²) in [6, 6.07) is 9.54. The van der Waals surface area contributed by atoms with Gasteiger partial charge in [0.25, 0.3) is 0 Å². The van der Waals surface area contributed by atoms with Crippen LogP contribution < -0.4 is 15.4 Å². The maximum Gasteiger partial charge on any atom is 0.320 e. The molecule has 2 amide bonds. The van der Waals surface area contributed by atoms with Crippen molar-refractivity contribution < 1.29 is 13.2 Å². The third-order valence-electron chi connectivity index (χ3n) is 3.20. The standard InChI is InChI=1S/C15H18N4O3S/c1-11-4-3-9-17-14(11)19-15(20)18-10-12-5-7-13(8-6-12)23(21,22)16-2/h3-9,16H,10H2,1-2H3,(H2,17,18,19,20). The molecule has 0 radical (unpaired) electrons. The molecule has 3 N–H and O–H groups in total. The monoisotopic (exact) mass is 334 g/mol. The van der Waals surface area contributed by atoms with Crippen molar-refractivity contribution >= 4 is 21.9 Å². The molecule has 0 aliphatic rings. The van der Waals surface area contributed by atoms with E-state index in [0.29, 0.717) is 5.82 Å². The number of hydrogen-bond acceptors (Lipinski definition) is 4. The molecule has 23 heavy (non-hydrogen) atoms. The summed E-state index contributed by atoms with van der Waals surface area (Å²) in [7, 11) is -2.09. The summed E-state index contributed by atoms with van der Waals surface area (Å²) >= 11 is 0. The first-order valence-corrected chi connectivity index (χ1v) is 8.39. The minimum Gasteiger partial charge on any atom is -0.334 e. The molecule has 0 saturated heterocycles. The normalized spacial score (nSPS) is 11.0. The summed E-state index contributed by atoms with van der Waals surface area (Å²) in [5.41, 5.74) is 1.65. The number of carbonyl (C=O) groups excluding carboxylic acids is 1. The molecule has 1 heterocycles. The number of aryl methyl sites for hydroxylation is 1. The first-order valence-electron chi connectivity index (χ1n) is 6.91. The van der Waals surface area contributed by atoms with E-state index in [1.807, 2.05) is 13.0 Å². The number of nitrogens with one attached hydrogen (secondary N) is 3. The third-order valence-corrected chi connectivity index (χ3v) is 4.63. The predicted molar refractivity (Wildman–Crippen MR) is 87.5 cm³/mol. The number of hydrogen-bond donors (Lipinski definition) is 3. The number of anilines is 1. The highest BCUT2D eigenvalue weighted by atomic mass is 32.2. The van der Waals surface area contributed by atoms with Crippen LogP contribution >= 0.6 is 0 Å². The lowest BCUT2D eigenvalue weighted by molar-refractivity contribution is 0.251. The molecule has 0 aliphatic carbocycles. The highest BCUT2D eigenvalue weighted by molar-refractivity contribution is 7.89. The quantitative estimate of drug-likeness (QED) is 0.773. The van der Waals surface area contributed by atoms with Gasteiger partial charge in [-0.15, -0.1) is 0 Å². The van der Waals surface area contributed by atoms with Crippen LogP contribution in [0.2, 0.25) is 0 Å². The van der Waals surface area contributed by atoms with Crippen molar-refractivity contribution in [2.24, 2.45) is 0 Å². The van der Waals surface area contributed by atoms with E-state index < -0.39 is 10.0 Å². The molecule has 1 aromatic carbocycles. The Morgan fingerprint density at radius 1 is 1.17 bits per heavy atom. The van der Waals surface area contributed by atoms with Crippen LogP contribution in [0.4, 0.5) is 10.6 Å². The Bertz CT molecular complexity index is 789. The number of benzene rings is 1. The molecule has 2 aromatic rings. The van der Waals surface area contributed by atoms with E-state index in [-0.39, 0.29) is 17.5 Å². The van der Waals surface area contributed by atoms with E-state index in [4.69, 9.17) is 0 Å². The van der Waals surface area contributed by atoms with E-state index >= 15 is 0 Å². The zero-order chi connectivity index (χ0) is 16.9. The van der Waals surface area contributed by atoms with Crippen molar-refractivity contribution in [3.8, 4) is 0 Å². The fraction of sp³-hybridized carbons (Fsp3) is 0.200. The second-order valence-corrected chi connectivity index (χ2v) is 6.71. The molecule has 0 unspecified atom stereocenters. The summed E-state index contributed by atoms with van der Waals surface area (Å²) in [5, 5.41) is 5.35. The Labute approximate surface area is 135 Å². The van der Waals surface area contributed by atoms with E-state index in [0.717, 1.165) is 11.1 Å². The lowest BCUT2D eigenvalue weighted by Gasteiger charge is -2.09. The Kier molecular flexibility index (Phi) is 5.30. The summed E-state index contributed by atoms with van der Waals surface area (Å²) in [6.45, 7) is 2.13. The van der Waals surface area contributed by atoms with Gasteiger partial charge in [0.1, 0.15) is 5.82 Å². The van der Waals surface area contributed by atoms with Crippen LogP contribution in [0.1, 0.15) is 11.1 Å². The number of pyridine rings is 1. The van der Waals surface area contributed by atoms with Gasteiger partial charge in [0.05, 0.1) is 4.90 Å². The van der Waals surface area contributed by atoms with Gasteiger partial charge in [-0.2, -0.15) is 0 Å². The van der Waals surface area contributed by atoms with Crippen LogP contribution in [-0.4, -0.2) is 26.5 Å². The molecule has 1 aromatic heterocycles. The Hall–Kier alpha value is -2.45. The number of aromatic nitrogens is 1. The molecule has 2 rings (SSSR count). The number of carbonyl (C=O) groups is 1. The van der Waals surface area contributed by atoms with Crippen molar-refractivity contribution in [2.75, 3.05) is 12.4 Å². The van der Waals surface area contributed by atoms with Gasteiger partial charge in [-0.3, -0.25) is 5.32 Å². The molecule has 0 atom stereocenters. The van der Waals surface area contributed by atoms with Gasteiger partial charge in [-0.25, -0.2) is 22.9 Å². The van der Waals surface area contributed by atoms with Gasteiger partial charge < -0.3 is 5.32 Å². The van der Waals surface area contributed by atoms with Crippen molar-refractivity contribution in [1.29, 1.82) is 0 Å². The molecule has 122 valence electrons. The van der Waals surface area contributed by atoms with Crippen LogP contribution in [0, 0.1) is 6.92 Å². The molecular weight excluding hydrogens is 316 g/mol. The number of amides is 2. The predicted octanol–water partition coefficient (Wildman–Crippen LogP) is 1.62. The number of rotatable bonds is 5. The Morgan fingerprint density at radius 2 is 1.87 bits per heavy atom. The molecule has 0 bridgehead atoms. The summed E-state index contributed by atoms with van der Waals surface area (Å²) in [6.07, 6.45) is 1.60. The average Bonchev–Trinajstić information content (AvgIpc) is 2.55. The van der Waals surface area contributed by atoms with Crippen molar-refractivity contribution in [2.45, 2.75) is 18.4 Å². The van der Waals surface area contributed by atoms with Gasteiger partial charge in [0.2, 0.25) is 10.0 Å². The van der Waals surface area contributed by atoms with Gasteiger partial charge in [0.15, 0.2) is 0 Å². The van der Waals surface area contributed by atoms with Crippen LogP contribution in [0.3, 0.4) is 0 Å². The Balaban J connectivity index is 1.93. The molecular formula is C15H18N4O3S. The summed E-state index contributed by atoms with van der Waals surface area (Å²) < 4.78 is 25.5. The second-order valence-electron chi connectivity index (χ2n) is 4.83. The van der Waals surface area contributed by atoms with Crippen molar-refractivity contribution in [1.82, 2.24) is 15.0 Å². The smallest absolute Gasteiger partial charge is 0.320 e. The Morgan fingerprint density at radius 3 is 2.48 bits per heavy atom. The van der Waals surface area contributed by atoms with Crippen molar-refractivity contribution in [3.05, 3.63) is 53.7 Å². The number of sulfonamides is 1. The van der Waals surface area contributed by atoms with E-state index in [2.05, 4.69) is 20.3 Å². The average molecular weight is 334 g/mol. The lowest BCUT2D eigenvalue weighted by Crippen LogP contribution is -2.28. The topological polar surface area (TPSA) is 100 Å².